The Kier molecular flexibility index (Phi) is 4.04. The van der Waals surface area contributed by atoms with Gasteiger partial charge >= 0.3 is 0 Å². The minimum absolute atomic E-state index is 0.0858. The highest BCUT2D eigenvalue weighted by atomic mass is 32.2. The molecule has 100 valence electrons. The van der Waals surface area contributed by atoms with Crippen molar-refractivity contribution in [2.24, 2.45) is 5.14 Å². The first kappa shape index (κ1) is 13.5. The molecule has 2 rings (SSSR count). The van der Waals surface area contributed by atoms with Crippen LogP contribution >= 0.6 is 11.8 Å². The fraction of sp³-hybridized carbons (Fsp3) is 0.455. The van der Waals surface area contributed by atoms with Crippen LogP contribution in [0.5, 0.6) is 0 Å². The highest BCUT2D eigenvalue weighted by Gasteiger charge is 2.16. The largest absolute Gasteiger partial charge is 0.397 e. The third-order valence-corrected chi connectivity index (χ3v) is 5.00. The lowest BCUT2D eigenvalue weighted by Crippen LogP contribution is -2.26. The molecule has 1 aliphatic rings. The van der Waals surface area contributed by atoms with E-state index >= 15 is 0 Å². The van der Waals surface area contributed by atoms with Gasteiger partial charge in [-0.15, -0.1) is 0 Å². The Labute approximate surface area is 111 Å². The molecule has 0 spiro atoms. The van der Waals surface area contributed by atoms with E-state index in [0.717, 1.165) is 18.6 Å². The number of anilines is 2. The Morgan fingerprint density at radius 2 is 2.17 bits per heavy atom. The average Bonchev–Trinajstić information content (AvgIpc) is 2.32. The van der Waals surface area contributed by atoms with Gasteiger partial charge in [-0.25, -0.2) is 13.6 Å². The summed E-state index contributed by atoms with van der Waals surface area (Å²) in [5.74, 6) is 2.20. The van der Waals surface area contributed by atoms with Gasteiger partial charge in [0.2, 0.25) is 10.0 Å². The second-order valence-corrected chi connectivity index (χ2v) is 7.06. The first-order valence-corrected chi connectivity index (χ1v) is 8.43. The van der Waals surface area contributed by atoms with Crippen molar-refractivity contribution >= 4 is 33.2 Å². The van der Waals surface area contributed by atoms with Crippen LogP contribution in [0.15, 0.2) is 23.1 Å². The molecule has 1 heterocycles. The van der Waals surface area contributed by atoms with Crippen LogP contribution in [-0.2, 0) is 10.0 Å². The number of sulfonamides is 1. The average molecular weight is 287 g/mol. The number of benzene rings is 1. The molecule has 18 heavy (non-hydrogen) atoms. The standard InChI is InChI=1S/C11H17N3O2S2/c12-10-4-3-9(18(13,15)16)6-11(10)14-8-2-1-5-17-7-8/h3-4,6,8,14H,1-2,5,7,12H2,(H2,13,15,16). The summed E-state index contributed by atoms with van der Waals surface area (Å²) in [6.07, 6.45) is 2.24. The molecular formula is C11H17N3O2S2. The summed E-state index contributed by atoms with van der Waals surface area (Å²) in [5, 5.41) is 8.40. The Morgan fingerprint density at radius 3 is 2.78 bits per heavy atom. The molecule has 0 aliphatic carbocycles. The van der Waals surface area contributed by atoms with Crippen LogP contribution in [0.1, 0.15) is 12.8 Å². The third kappa shape index (κ3) is 3.30. The van der Waals surface area contributed by atoms with Gasteiger partial charge in [-0.3, -0.25) is 0 Å². The van der Waals surface area contributed by atoms with E-state index in [0.29, 0.717) is 17.4 Å². The number of rotatable bonds is 3. The zero-order chi connectivity index (χ0) is 13.2. The van der Waals surface area contributed by atoms with Crippen molar-refractivity contribution < 1.29 is 8.42 Å². The summed E-state index contributed by atoms with van der Waals surface area (Å²) < 4.78 is 22.6. The lowest BCUT2D eigenvalue weighted by Gasteiger charge is -2.24. The summed E-state index contributed by atoms with van der Waals surface area (Å²) in [5.41, 5.74) is 7.03. The van der Waals surface area contributed by atoms with Crippen LogP contribution in [0.3, 0.4) is 0 Å². The SMILES string of the molecule is Nc1ccc(S(N)(=O)=O)cc1NC1CCCSC1. The number of nitrogens with two attached hydrogens (primary N) is 2. The van der Waals surface area contributed by atoms with Crippen LogP contribution in [0.25, 0.3) is 0 Å². The van der Waals surface area contributed by atoms with Crippen LogP contribution in [0.2, 0.25) is 0 Å². The summed E-state index contributed by atoms with van der Waals surface area (Å²) in [7, 11) is -3.68. The molecule has 0 amide bonds. The zero-order valence-corrected chi connectivity index (χ0v) is 11.6. The maximum Gasteiger partial charge on any atom is 0.238 e. The maximum atomic E-state index is 11.3. The maximum absolute atomic E-state index is 11.3. The van der Waals surface area contributed by atoms with Gasteiger partial charge in [0.05, 0.1) is 16.3 Å². The number of primary sulfonamides is 1. The van der Waals surface area contributed by atoms with Crippen LogP contribution in [0, 0.1) is 0 Å². The van der Waals surface area contributed by atoms with E-state index in [1.54, 1.807) is 6.07 Å². The lowest BCUT2D eigenvalue weighted by molar-refractivity contribution is 0.598. The summed E-state index contributed by atoms with van der Waals surface area (Å²) in [4.78, 5) is 0.0858. The molecule has 0 saturated carbocycles. The molecule has 1 saturated heterocycles. The number of thioether (sulfide) groups is 1. The van der Waals surface area contributed by atoms with Crippen molar-refractivity contribution in [3.05, 3.63) is 18.2 Å². The highest BCUT2D eigenvalue weighted by molar-refractivity contribution is 7.99. The van der Waals surface area contributed by atoms with Crippen molar-refractivity contribution in [1.29, 1.82) is 0 Å². The van der Waals surface area contributed by atoms with Gasteiger partial charge in [0.1, 0.15) is 0 Å². The molecule has 0 bridgehead atoms. The van der Waals surface area contributed by atoms with E-state index in [-0.39, 0.29) is 4.90 Å². The van der Waals surface area contributed by atoms with Crippen molar-refractivity contribution in [2.45, 2.75) is 23.8 Å². The molecule has 5 N–H and O–H groups in total. The van der Waals surface area contributed by atoms with E-state index in [4.69, 9.17) is 10.9 Å². The number of nitrogen functional groups attached to an aromatic ring is 1. The fourth-order valence-corrected chi connectivity index (χ4v) is 3.52. The minimum Gasteiger partial charge on any atom is -0.397 e. The van der Waals surface area contributed by atoms with E-state index < -0.39 is 10.0 Å². The topological polar surface area (TPSA) is 98.2 Å². The monoisotopic (exact) mass is 287 g/mol. The molecule has 7 heteroatoms. The van der Waals surface area contributed by atoms with Gasteiger partial charge in [-0.05, 0) is 36.8 Å². The Balaban J connectivity index is 2.21. The fourth-order valence-electron chi connectivity index (χ4n) is 1.91. The zero-order valence-electron chi connectivity index (χ0n) is 9.93. The quantitative estimate of drug-likeness (QED) is 0.726. The molecule has 1 unspecified atom stereocenters. The molecule has 1 atom stereocenters. The number of nitrogens with one attached hydrogen (secondary N) is 1. The Bertz CT molecular complexity index is 525. The first-order valence-electron chi connectivity index (χ1n) is 5.73. The Morgan fingerprint density at radius 1 is 1.39 bits per heavy atom. The van der Waals surface area contributed by atoms with Crippen LogP contribution < -0.4 is 16.2 Å². The van der Waals surface area contributed by atoms with Crippen molar-refractivity contribution in [2.75, 3.05) is 22.6 Å². The molecule has 1 aromatic rings. The van der Waals surface area contributed by atoms with Gasteiger partial charge in [0.15, 0.2) is 0 Å². The van der Waals surface area contributed by atoms with Gasteiger partial charge in [-0.2, -0.15) is 11.8 Å². The summed E-state index contributed by atoms with van der Waals surface area (Å²) >= 11 is 1.89. The minimum atomic E-state index is -3.68. The molecule has 1 aliphatic heterocycles. The van der Waals surface area contributed by atoms with Gasteiger partial charge in [0, 0.05) is 11.8 Å². The predicted octanol–water partition coefficient (Wildman–Crippen LogP) is 1.22. The molecular weight excluding hydrogens is 270 g/mol. The van der Waals surface area contributed by atoms with Gasteiger partial charge in [-0.1, -0.05) is 0 Å². The predicted molar refractivity (Wildman–Crippen MR) is 76.2 cm³/mol. The van der Waals surface area contributed by atoms with Crippen LogP contribution in [-0.4, -0.2) is 26.0 Å². The summed E-state index contributed by atoms with van der Waals surface area (Å²) in [6.45, 7) is 0. The molecule has 0 aromatic heterocycles. The van der Waals surface area contributed by atoms with E-state index in [1.807, 2.05) is 11.8 Å². The Hall–Kier alpha value is -0.920. The molecule has 1 aromatic carbocycles. The number of hydrogen-bond donors (Lipinski definition) is 3. The second-order valence-electron chi connectivity index (χ2n) is 4.35. The van der Waals surface area contributed by atoms with Gasteiger partial charge < -0.3 is 11.1 Å². The third-order valence-electron chi connectivity index (χ3n) is 2.87. The normalized spacial score (nSPS) is 20.6. The van der Waals surface area contributed by atoms with Gasteiger partial charge in [0.25, 0.3) is 0 Å². The van der Waals surface area contributed by atoms with Crippen molar-refractivity contribution in [1.82, 2.24) is 0 Å². The van der Waals surface area contributed by atoms with E-state index in [9.17, 15) is 8.42 Å². The molecule has 1 fully saturated rings. The van der Waals surface area contributed by atoms with E-state index in [2.05, 4.69) is 5.32 Å². The molecule has 5 nitrogen and oxygen atoms in total. The molecule has 0 radical (unpaired) electrons. The lowest BCUT2D eigenvalue weighted by atomic mass is 10.1. The van der Waals surface area contributed by atoms with Crippen molar-refractivity contribution in [3.8, 4) is 0 Å². The first-order chi connectivity index (χ1) is 8.47. The summed E-state index contributed by atoms with van der Waals surface area (Å²) in [6, 6.07) is 4.83. The van der Waals surface area contributed by atoms with Crippen molar-refractivity contribution in [3.63, 3.8) is 0 Å². The smallest absolute Gasteiger partial charge is 0.238 e. The number of hydrogen-bond acceptors (Lipinski definition) is 5. The second kappa shape index (κ2) is 5.38. The van der Waals surface area contributed by atoms with Crippen LogP contribution in [0.4, 0.5) is 11.4 Å². The van der Waals surface area contributed by atoms with E-state index in [1.165, 1.54) is 17.9 Å². The highest BCUT2D eigenvalue weighted by Crippen LogP contribution is 2.26.